The number of amides is 1. The van der Waals surface area contributed by atoms with Crippen molar-refractivity contribution >= 4 is 5.91 Å². The van der Waals surface area contributed by atoms with E-state index in [-0.39, 0.29) is 0 Å². The fourth-order valence-corrected chi connectivity index (χ4v) is 7.52. The maximum absolute atomic E-state index is 12.2. The Bertz CT molecular complexity index is 566. The van der Waals surface area contributed by atoms with Crippen molar-refractivity contribution in [3.05, 3.63) is 11.6 Å². The van der Waals surface area contributed by atoms with Gasteiger partial charge in [-0.3, -0.25) is 4.79 Å². The predicted molar refractivity (Wildman–Crippen MR) is 93.9 cm³/mol. The molecule has 0 bridgehead atoms. The number of allylic oxidation sites excluding steroid dienone is 2. The summed E-state index contributed by atoms with van der Waals surface area (Å²) in [6.45, 7) is 9.87. The lowest BCUT2D eigenvalue weighted by atomic mass is 9.46. The maximum atomic E-state index is 12.2. The molecule has 4 rings (SSSR count). The first-order valence-electron chi connectivity index (χ1n) is 9.73. The molecular weight excluding hydrogens is 282 g/mol. The van der Waals surface area contributed by atoms with Gasteiger partial charge in [0.1, 0.15) is 0 Å². The molecule has 1 amide bonds. The molecule has 2 nitrogen and oxygen atoms in total. The molecule has 1 aliphatic heterocycles. The third-order valence-corrected chi connectivity index (χ3v) is 8.79. The monoisotopic (exact) mass is 315 g/mol. The average molecular weight is 316 g/mol. The van der Waals surface area contributed by atoms with Gasteiger partial charge in [0.05, 0.1) is 0 Å². The zero-order valence-electron chi connectivity index (χ0n) is 15.6. The van der Waals surface area contributed by atoms with Crippen molar-refractivity contribution in [2.75, 3.05) is 7.05 Å². The van der Waals surface area contributed by atoms with Crippen LogP contribution in [-0.4, -0.2) is 23.9 Å². The Morgan fingerprint density at radius 2 is 1.91 bits per heavy atom. The number of hydrogen-bond acceptors (Lipinski definition) is 1. The molecule has 1 heterocycles. The second kappa shape index (κ2) is 4.86. The molecule has 0 aromatic carbocycles. The Morgan fingerprint density at radius 1 is 1.17 bits per heavy atom. The first-order chi connectivity index (χ1) is 10.8. The van der Waals surface area contributed by atoms with Gasteiger partial charge >= 0.3 is 0 Å². The SMILES string of the molecule is CC1=C[C@@H](C)C2C3CC[C@H]4N(C)C(=O)CC[C@]4(C)C3CC[C@]12C. The smallest absolute Gasteiger partial charge is 0.222 e. The quantitative estimate of drug-likeness (QED) is 0.596. The lowest BCUT2D eigenvalue weighted by Crippen LogP contribution is -2.61. The van der Waals surface area contributed by atoms with Crippen molar-refractivity contribution < 1.29 is 4.79 Å². The molecule has 0 N–H and O–H groups in total. The van der Waals surface area contributed by atoms with Crippen molar-refractivity contribution in [2.45, 2.75) is 72.3 Å². The van der Waals surface area contributed by atoms with Crippen LogP contribution in [0.4, 0.5) is 0 Å². The van der Waals surface area contributed by atoms with Crippen LogP contribution < -0.4 is 0 Å². The molecule has 0 spiro atoms. The summed E-state index contributed by atoms with van der Waals surface area (Å²) in [5.74, 6) is 3.62. The average Bonchev–Trinajstić information content (AvgIpc) is 2.73. The van der Waals surface area contributed by atoms with Crippen LogP contribution in [0.1, 0.15) is 66.2 Å². The summed E-state index contributed by atoms with van der Waals surface area (Å²) < 4.78 is 0. The van der Waals surface area contributed by atoms with Crippen LogP contribution in [0.3, 0.4) is 0 Å². The Morgan fingerprint density at radius 3 is 2.65 bits per heavy atom. The van der Waals surface area contributed by atoms with Crippen molar-refractivity contribution in [3.8, 4) is 0 Å². The normalized spacial score (nSPS) is 52.6. The summed E-state index contributed by atoms with van der Waals surface area (Å²) in [7, 11) is 2.06. The summed E-state index contributed by atoms with van der Waals surface area (Å²) in [4.78, 5) is 14.3. The molecule has 128 valence electrons. The Kier molecular flexibility index (Phi) is 3.32. The minimum Gasteiger partial charge on any atom is -0.342 e. The minimum atomic E-state index is 0.350. The maximum Gasteiger partial charge on any atom is 0.222 e. The lowest BCUT2D eigenvalue weighted by Gasteiger charge is -2.62. The lowest BCUT2D eigenvalue weighted by molar-refractivity contribution is -0.157. The largest absolute Gasteiger partial charge is 0.342 e. The molecule has 7 atom stereocenters. The van der Waals surface area contributed by atoms with Crippen LogP contribution in [0.2, 0.25) is 0 Å². The zero-order chi connectivity index (χ0) is 16.6. The van der Waals surface area contributed by atoms with Crippen molar-refractivity contribution in [1.29, 1.82) is 0 Å². The van der Waals surface area contributed by atoms with E-state index in [1.54, 1.807) is 5.57 Å². The molecule has 23 heavy (non-hydrogen) atoms. The van der Waals surface area contributed by atoms with Gasteiger partial charge in [0.25, 0.3) is 0 Å². The number of likely N-dealkylation sites (tertiary alicyclic amines) is 1. The van der Waals surface area contributed by atoms with Gasteiger partial charge in [-0.15, -0.1) is 0 Å². The molecule has 0 aromatic rings. The molecule has 0 aromatic heterocycles. The number of carbonyl (C=O) groups excluding carboxylic acids is 1. The van der Waals surface area contributed by atoms with Crippen LogP contribution >= 0.6 is 0 Å². The van der Waals surface area contributed by atoms with E-state index in [0.29, 0.717) is 22.8 Å². The van der Waals surface area contributed by atoms with Gasteiger partial charge in [-0.05, 0) is 73.5 Å². The highest BCUT2D eigenvalue weighted by atomic mass is 16.2. The summed E-state index contributed by atoms with van der Waals surface area (Å²) in [5, 5.41) is 0. The number of carbonyl (C=O) groups is 1. The standard InChI is InChI=1S/C21H33NO/c1-13-12-14(2)20(3)10-8-16-15(19(13)20)6-7-17-21(16,4)11-9-18(23)22(17)5/h12-13,15-17,19H,6-11H2,1-5H3/t13-,15?,16?,17-,19?,20-,21-/m1/s1. The van der Waals surface area contributed by atoms with E-state index in [9.17, 15) is 4.79 Å². The first-order valence-corrected chi connectivity index (χ1v) is 9.73. The topological polar surface area (TPSA) is 20.3 Å². The molecule has 0 radical (unpaired) electrons. The molecule has 3 fully saturated rings. The molecule has 3 aliphatic carbocycles. The first kappa shape index (κ1) is 15.7. The number of rotatable bonds is 0. The summed E-state index contributed by atoms with van der Waals surface area (Å²) in [6, 6.07) is 0.486. The van der Waals surface area contributed by atoms with Crippen molar-refractivity contribution in [1.82, 2.24) is 4.90 Å². The number of hydrogen-bond donors (Lipinski definition) is 0. The third kappa shape index (κ3) is 1.90. The molecular formula is C21H33NO. The van der Waals surface area contributed by atoms with Crippen molar-refractivity contribution in [3.63, 3.8) is 0 Å². The van der Waals surface area contributed by atoms with E-state index in [0.717, 1.165) is 36.5 Å². The number of nitrogens with zero attached hydrogens (tertiary/aromatic N) is 1. The fourth-order valence-electron chi connectivity index (χ4n) is 7.52. The van der Waals surface area contributed by atoms with Crippen LogP contribution in [-0.2, 0) is 4.79 Å². The Labute approximate surface area is 141 Å². The van der Waals surface area contributed by atoms with E-state index in [1.807, 2.05) is 0 Å². The third-order valence-electron chi connectivity index (χ3n) is 8.79. The minimum absolute atomic E-state index is 0.350. The highest BCUT2D eigenvalue weighted by molar-refractivity contribution is 5.77. The molecule has 2 heteroatoms. The van der Waals surface area contributed by atoms with Gasteiger partial charge in [-0.25, -0.2) is 0 Å². The number of fused-ring (bicyclic) bond motifs is 5. The summed E-state index contributed by atoms with van der Waals surface area (Å²) in [5.41, 5.74) is 2.44. The van der Waals surface area contributed by atoms with E-state index in [1.165, 1.54) is 25.7 Å². The van der Waals surface area contributed by atoms with E-state index >= 15 is 0 Å². The Balaban J connectivity index is 1.68. The number of piperidine rings is 1. The predicted octanol–water partition coefficient (Wildman–Crippen LogP) is 4.65. The van der Waals surface area contributed by atoms with Gasteiger partial charge in [0.2, 0.25) is 5.91 Å². The van der Waals surface area contributed by atoms with Gasteiger partial charge in [-0.1, -0.05) is 32.4 Å². The van der Waals surface area contributed by atoms with Crippen LogP contribution in [0.25, 0.3) is 0 Å². The molecule has 3 unspecified atom stereocenters. The second-order valence-electron chi connectivity index (χ2n) is 9.56. The highest BCUT2D eigenvalue weighted by Crippen LogP contribution is 2.65. The van der Waals surface area contributed by atoms with E-state index in [4.69, 9.17) is 0 Å². The van der Waals surface area contributed by atoms with Gasteiger partial charge < -0.3 is 4.90 Å². The fraction of sp³-hybridized carbons (Fsp3) is 0.857. The van der Waals surface area contributed by atoms with Gasteiger partial charge in [0, 0.05) is 19.5 Å². The summed E-state index contributed by atoms with van der Waals surface area (Å²) in [6.07, 6.45) is 9.72. The van der Waals surface area contributed by atoms with Crippen LogP contribution in [0.5, 0.6) is 0 Å². The zero-order valence-corrected chi connectivity index (χ0v) is 15.6. The van der Waals surface area contributed by atoms with Crippen LogP contribution in [0.15, 0.2) is 11.6 Å². The molecule has 2 saturated carbocycles. The van der Waals surface area contributed by atoms with Gasteiger partial charge in [-0.2, -0.15) is 0 Å². The summed E-state index contributed by atoms with van der Waals surface area (Å²) >= 11 is 0. The Hall–Kier alpha value is -0.790. The second-order valence-corrected chi connectivity index (χ2v) is 9.56. The molecule has 1 saturated heterocycles. The molecule has 4 aliphatic rings. The van der Waals surface area contributed by atoms with Crippen LogP contribution in [0, 0.1) is 34.5 Å². The van der Waals surface area contributed by atoms with Gasteiger partial charge in [0.15, 0.2) is 0 Å². The highest BCUT2D eigenvalue weighted by Gasteiger charge is 2.60. The van der Waals surface area contributed by atoms with Crippen molar-refractivity contribution in [2.24, 2.45) is 34.5 Å². The van der Waals surface area contributed by atoms with E-state index in [2.05, 4.69) is 45.7 Å². The van der Waals surface area contributed by atoms with E-state index < -0.39 is 0 Å².